The Morgan fingerprint density at radius 2 is 1.65 bits per heavy atom. The van der Waals surface area contributed by atoms with Gasteiger partial charge in [0.2, 0.25) is 11.8 Å². The van der Waals surface area contributed by atoms with Crippen molar-refractivity contribution in [3.05, 3.63) is 84.1 Å². The van der Waals surface area contributed by atoms with Crippen molar-refractivity contribution in [2.24, 2.45) is 7.05 Å². The summed E-state index contributed by atoms with van der Waals surface area (Å²) in [5, 5.41) is 12.2. The van der Waals surface area contributed by atoms with Gasteiger partial charge >= 0.3 is 0 Å². The van der Waals surface area contributed by atoms with Gasteiger partial charge in [0.05, 0.1) is 17.1 Å². The second-order valence-electron chi connectivity index (χ2n) is 8.00. The molecule has 3 heterocycles. The molecule has 0 spiro atoms. The van der Waals surface area contributed by atoms with Crippen LogP contribution in [-0.4, -0.2) is 24.5 Å². The molecule has 2 aromatic carbocycles. The van der Waals surface area contributed by atoms with Crippen LogP contribution in [0.1, 0.15) is 16.7 Å². The lowest BCUT2D eigenvalue weighted by Gasteiger charge is -2.15. The third-order valence-electron chi connectivity index (χ3n) is 5.51. The molecule has 0 amide bonds. The molecule has 166 valence electrons. The first kappa shape index (κ1) is 21.1. The van der Waals surface area contributed by atoms with Gasteiger partial charge < -0.3 is 14.6 Å². The van der Waals surface area contributed by atoms with Gasteiger partial charge in [-0.05, 0) is 73.0 Å². The molecule has 34 heavy (non-hydrogen) atoms. The fourth-order valence-electron chi connectivity index (χ4n) is 3.86. The van der Waals surface area contributed by atoms with Crippen LogP contribution in [0.5, 0.6) is 11.6 Å². The number of aryl methyl sites for hydroxylation is 3. The molecule has 0 aliphatic heterocycles. The quantitative estimate of drug-likeness (QED) is 0.382. The molecule has 0 saturated carbocycles. The summed E-state index contributed by atoms with van der Waals surface area (Å²) < 4.78 is 8.35. The molecule has 3 aromatic heterocycles. The van der Waals surface area contributed by atoms with Crippen LogP contribution in [0.4, 0.5) is 11.6 Å². The van der Waals surface area contributed by atoms with Crippen molar-refractivity contribution in [2.75, 3.05) is 5.32 Å². The van der Waals surface area contributed by atoms with E-state index in [1.54, 1.807) is 24.5 Å². The molecule has 0 fully saturated rings. The summed E-state index contributed by atoms with van der Waals surface area (Å²) in [5.41, 5.74) is 6.84. The molecule has 0 bridgehead atoms. The number of nitrogens with one attached hydrogen (secondary N) is 1. The maximum atomic E-state index is 9.02. The average Bonchev–Trinajstić information content (AvgIpc) is 3.23. The number of nitrogens with zero attached hydrogens (tertiary/aromatic N) is 6. The number of nitriles is 1. The zero-order valence-corrected chi connectivity index (χ0v) is 18.9. The topological polar surface area (TPSA) is 102 Å². The van der Waals surface area contributed by atoms with E-state index in [-0.39, 0.29) is 0 Å². The molecule has 0 aliphatic carbocycles. The molecule has 0 atom stereocenters. The highest BCUT2D eigenvalue weighted by Crippen LogP contribution is 2.35. The van der Waals surface area contributed by atoms with Crippen molar-refractivity contribution in [3.8, 4) is 28.8 Å². The number of hydrogen-bond acceptors (Lipinski definition) is 7. The standard InChI is InChI=1S/C26H21N7O/c1-16-10-19(20-13-28-15-29-14-20)11-17(2)24(16)34-25-23-22(8-9-33(23)3)31-26(32-25)30-21-6-4-18(12-27)5-7-21/h4-11,13-15H,1-3H3,(H,30,31,32). The van der Waals surface area contributed by atoms with Crippen molar-refractivity contribution in [1.29, 1.82) is 5.26 Å². The molecule has 0 unspecified atom stereocenters. The average molecular weight is 448 g/mol. The normalized spacial score (nSPS) is 10.8. The van der Waals surface area contributed by atoms with E-state index in [0.717, 1.165) is 44.7 Å². The summed E-state index contributed by atoms with van der Waals surface area (Å²) in [4.78, 5) is 17.5. The summed E-state index contributed by atoms with van der Waals surface area (Å²) in [7, 11) is 1.94. The van der Waals surface area contributed by atoms with Gasteiger partial charge in [0.1, 0.15) is 17.6 Å². The predicted octanol–water partition coefficient (Wildman–Crippen LogP) is 5.45. The van der Waals surface area contributed by atoms with Gasteiger partial charge in [-0.25, -0.2) is 15.0 Å². The first-order chi connectivity index (χ1) is 16.5. The SMILES string of the molecule is Cc1cc(-c2cncnc2)cc(C)c1Oc1nc(Nc2ccc(C#N)cc2)nc2ccn(C)c12. The number of fused-ring (bicyclic) bond motifs is 1. The number of benzene rings is 2. The minimum Gasteiger partial charge on any atom is -0.436 e. The van der Waals surface area contributed by atoms with Crippen LogP contribution in [-0.2, 0) is 7.05 Å². The van der Waals surface area contributed by atoms with Crippen LogP contribution in [0.15, 0.2) is 67.4 Å². The molecular formula is C26H21N7O. The number of anilines is 2. The van der Waals surface area contributed by atoms with Gasteiger partial charge in [0.25, 0.3) is 0 Å². The molecule has 8 heteroatoms. The smallest absolute Gasteiger partial charge is 0.249 e. The number of ether oxygens (including phenoxy) is 1. The summed E-state index contributed by atoms with van der Waals surface area (Å²) in [6.07, 6.45) is 7.03. The van der Waals surface area contributed by atoms with Gasteiger partial charge in [0, 0.05) is 36.9 Å². The van der Waals surface area contributed by atoms with Crippen LogP contribution < -0.4 is 10.1 Å². The van der Waals surface area contributed by atoms with Gasteiger partial charge in [0.15, 0.2) is 0 Å². The molecule has 5 aromatic rings. The van der Waals surface area contributed by atoms with Gasteiger partial charge in [-0.15, -0.1) is 0 Å². The summed E-state index contributed by atoms with van der Waals surface area (Å²) in [6.45, 7) is 4.02. The first-order valence-corrected chi connectivity index (χ1v) is 10.7. The van der Waals surface area contributed by atoms with E-state index in [2.05, 4.69) is 43.5 Å². The second-order valence-corrected chi connectivity index (χ2v) is 8.00. The van der Waals surface area contributed by atoms with Crippen molar-refractivity contribution in [3.63, 3.8) is 0 Å². The van der Waals surface area contributed by atoms with E-state index >= 15 is 0 Å². The molecule has 1 N–H and O–H groups in total. The maximum absolute atomic E-state index is 9.02. The summed E-state index contributed by atoms with van der Waals surface area (Å²) in [5.74, 6) is 1.61. The highest BCUT2D eigenvalue weighted by molar-refractivity contribution is 5.83. The zero-order chi connectivity index (χ0) is 23.7. The van der Waals surface area contributed by atoms with Crippen molar-refractivity contribution < 1.29 is 4.74 Å². The van der Waals surface area contributed by atoms with Crippen LogP contribution in [0.2, 0.25) is 0 Å². The number of aromatic nitrogens is 5. The minimum atomic E-state index is 0.409. The monoisotopic (exact) mass is 447 g/mol. The van der Waals surface area contributed by atoms with Gasteiger partial charge in [-0.3, -0.25) is 0 Å². The highest BCUT2D eigenvalue weighted by Gasteiger charge is 2.16. The maximum Gasteiger partial charge on any atom is 0.249 e. The third-order valence-corrected chi connectivity index (χ3v) is 5.51. The number of rotatable bonds is 5. The van der Waals surface area contributed by atoms with E-state index in [0.29, 0.717) is 17.4 Å². The Balaban J connectivity index is 1.53. The molecule has 8 nitrogen and oxygen atoms in total. The lowest BCUT2D eigenvalue weighted by Crippen LogP contribution is -2.02. The van der Waals surface area contributed by atoms with Crippen molar-refractivity contribution >= 4 is 22.7 Å². The highest BCUT2D eigenvalue weighted by atomic mass is 16.5. The molecular weight excluding hydrogens is 426 g/mol. The van der Waals surface area contributed by atoms with Crippen LogP contribution in [0.3, 0.4) is 0 Å². The Hall–Kier alpha value is -4.77. The van der Waals surface area contributed by atoms with Crippen LogP contribution >= 0.6 is 0 Å². The fourth-order valence-corrected chi connectivity index (χ4v) is 3.86. The lowest BCUT2D eigenvalue weighted by atomic mass is 10.0. The Labute approximate surface area is 196 Å². The van der Waals surface area contributed by atoms with E-state index in [1.165, 1.54) is 6.33 Å². The second kappa shape index (κ2) is 8.64. The van der Waals surface area contributed by atoms with E-state index < -0.39 is 0 Å². The molecule has 0 radical (unpaired) electrons. The molecule has 0 aliphatic rings. The molecule has 5 rings (SSSR count). The largest absolute Gasteiger partial charge is 0.436 e. The minimum absolute atomic E-state index is 0.409. The Morgan fingerprint density at radius 1 is 0.941 bits per heavy atom. The van der Waals surface area contributed by atoms with Crippen molar-refractivity contribution in [2.45, 2.75) is 13.8 Å². The lowest BCUT2D eigenvalue weighted by molar-refractivity contribution is 0.459. The van der Waals surface area contributed by atoms with Gasteiger partial charge in [-0.1, -0.05) is 0 Å². The van der Waals surface area contributed by atoms with Gasteiger partial charge in [-0.2, -0.15) is 10.2 Å². The fraction of sp³-hybridized carbons (Fsp3) is 0.115. The van der Waals surface area contributed by atoms with E-state index in [1.807, 2.05) is 49.9 Å². The Morgan fingerprint density at radius 3 is 2.32 bits per heavy atom. The van der Waals surface area contributed by atoms with E-state index in [9.17, 15) is 0 Å². The van der Waals surface area contributed by atoms with Crippen molar-refractivity contribution in [1.82, 2.24) is 24.5 Å². The predicted molar refractivity (Wildman–Crippen MR) is 130 cm³/mol. The number of hydrogen-bond donors (Lipinski definition) is 1. The first-order valence-electron chi connectivity index (χ1n) is 10.7. The Bertz CT molecular complexity index is 1510. The third kappa shape index (κ3) is 4.02. The molecule has 0 saturated heterocycles. The summed E-state index contributed by atoms with van der Waals surface area (Å²) >= 11 is 0. The Kier molecular flexibility index (Phi) is 5.36. The van der Waals surface area contributed by atoms with Crippen LogP contribution in [0, 0.1) is 25.2 Å². The summed E-state index contributed by atoms with van der Waals surface area (Å²) in [6, 6.07) is 15.3. The van der Waals surface area contributed by atoms with Crippen LogP contribution in [0.25, 0.3) is 22.2 Å². The zero-order valence-electron chi connectivity index (χ0n) is 18.9. The van der Waals surface area contributed by atoms with E-state index in [4.69, 9.17) is 10.00 Å².